The molecule has 0 spiro atoms. The van der Waals surface area contributed by atoms with Gasteiger partial charge in [-0.1, -0.05) is 30.3 Å². The molecule has 1 unspecified atom stereocenters. The zero-order chi connectivity index (χ0) is 12.1. The van der Waals surface area contributed by atoms with Gasteiger partial charge in [-0.25, -0.2) is 0 Å². The first-order valence-electron chi connectivity index (χ1n) is 5.85. The van der Waals surface area contributed by atoms with Crippen LogP contribution in [0.3, 0.4) is 0 Å². The Hall–Kier alpha value is -1.39. The molecule has 4 nitrogen and oxygen atoms in total. The number of rotatable bonds is 4. The van der Waals surface area contributed by atoms with Crippen LogP contribution in [0.1, 0.15) is 18.0 Å². The molecular formula is C13H17NO3. The Bertz CT molecular complexity index is 360. The molecule has 0 aliphatic carbocycles. The average molecular weight is 235 g/mol. The van der Waals surface area contributed by atoms with Gasteiger partial charge < -0.3 is 15.2 Å². The summed E-state index contributed by atoms with van der Waals surface area (Å²) in [5.41, 5.74) is 0.919. The first-order valence-corrected chi connectivity index (χ1v) is 5.85. The molecule has 0 bridgehead atoms. The summed E-state index contributed by atoms with van der Waals surface area (Å²) in [6.07, 6.45) is 0.763. The second-order valence-electron chi connectivity index (χ2n) is 4.21. The zero-order valence-corrected chi connectivity index (χ0v) is 9.63. The van der Waals surface area contributed by atoms with Crippen LogP contribution in [0.4, 0.5) is 0 Å². The summed E-state index contributed by atoms with van der Waals surface area (Å²) in [7, 11) is 0. The van der Waals surface area contributed by atoms with Gasteiger partial charge in [0.1, 0.15) is 0 Å². The summed E-state index contributed by atoms with van der Waals surface area (Å²) in [5.74, 6) is -0.113. The zero-order valence-electron chi connectivity index (χ0n) is 9.63. The first-order chi connectivity index (χ1) is 8.31. The Morgan fingerprint density at radius 1 is 1.47 bits per heavy atom. The van der Waals surface area contributed by atoms with Gasteiger partial charge in [-0.2, -0.15) is 0 Å². The van der Waals surface area contributed by atoms with Crippen LogP contribution < -0.4 is 5.32 Å². The maximum absolute atomic E-state index is 11.9. The van der Waals surface area contributed by atoms with E-state index in [-0.39, 0.29) is 24.5 Å². The fourth-order valence-corrected chi connectivity index (χ4v) is 1.95. The van der Waals surface area contributed by atoms with Crippen molar-refractivity contribution in [3.05, 3.63) is 35.9 Å². The molecule has 92 valence electrons. The fourth-order valence-electron chi connectivity index (χ4n) is 1.95. The number of hydrogen-bond acceptors (Lipinski definition) is 3. The maximum Gasteiger partial charge on any atom is 0.226 e. The van der Waals surface area contributed by atoms with Gasteiger partial charge in [0.2, 0.25) is 5.91 Å². The molecule has 1 heterocycles. The number of aliphatic hydroxyl groups excluding tert-OH is 1. The van der Waals surface area contributed by atoms with E-state index in [0.29, 0.717) is 13.2 Å². The molecule has 1 amide bonds. The van der Waals surface area contributed by atoms with Gasteiger partial charge in [0.05, 0.1) is 25.2 Å². The van der Waals surface area contributed by atoms with E-state index >= 15 is 0 Å². The predicted octanol–water partition coefficient (Wildman–Crippen LogP) is 0.873. The monoisotopic (exact) mass is 235 g/mol. The number of hydrogen-bond donors (Lipinski definition) is 2. The molecular weight excluding hydrogens is 218 g/mol. The molecule has 1 aliphatic rings. The highest BCUT2D eigenvalue weighted by atomic mass is 16.5. The van der Waals surface area contributed by atoms with Crippen molar-refractivity contribution in [2.24, 2.45) is 5.92 Å². The summed E-state index contributed by atoms with van der Waals surface area (Å²) < 4.78 is 5.18. The van der Waals surface area contributed by atoms with Crippen molar-refractivity contribution in [3.63, 3.8) is 0 Å². The summed E-state index contributed by atoms with van der Waals surface area (Å²) in [5, 5.41) is 12.2. The second kappa shape index (κ2) is 5.80. The number of carbonyl (C=O) groups excluding carboxylic acids is 1. The standard InChI is InChI=1S/C13H17NO3/c15-8-12(10-4-2-1-3-5-10)14-13(16)11-6-7-17-9-11/h1-5,11-12,15H,6-9H2,(H,14,16)/t11?,12-/m0/s1. The Morgan fingerprint density at radius 3 is 2.82 bits per heavy atom. The third-order valence-corrected chi connectivity index (χ3v) is 3.00. The molecule has 0 aromatic heterocycles. The van der Waals surface area contributed by atoms with Gasteiger partial charge in [-0.15, -0.1) is 0 Å². The van der Waals surface area contributed by atoms with E-state index in [1.54, 1.807) is 0 Å². The number of amides is 1. The van der Waals surface area contributed by atoms with Crippen LogP contribution in [-0.2, 0) is 9.53 Å². The smallest absolute Gasteiger partial charge is 0.226 e. The molecule has 17 heavy (non-hydrogen) atoms. The van der Waals surface area contributed by atoms with Gasteiger partial charge >= 0.3 is 0 Å². The molecule has 0 radical (unpaired) electrons. The Kier molecular flexibility index (Phi) is 4.12. The Balaban J connectivity index is 1.97. The number of nitrogens with one attached hydrogen (secondary N) is 1. The molecule has 1 saturated heterocycles. The third kappa shape index (κ3) is 3.05. The van der Waals surface area contributed by atoms with E-state index in [1.807, 2.05) is 30.3 Å². The molecule has 1 aromatic rings. The second-order valence-corrected chi connectivity index (χ2v) is 4.21. The fraction of sp³-hybridized carbons (Fsp3) is 0.462. The van der Waals surface area contributed by atoms with Crippen LogP contribution >= 0.6 is 0 Å². The van der Waals surface area contributed by atoms with Crippen molar-refractivity contribution in [1.82, 2.24) is 5.32 Å². The van der Waals surface area contributed by atoms with Crippen LogP contribution in [0, 0.1) is 5.92 Å². The van der Waals surface area contributed by atoms with Crippen molar-refractivity contribution in [2.75, 3.05) is 19.8 Å². The van der Waals surface area contributed by atoms with E-state index in [2.05, 4.69) is 5.32 Å². The SMILES string of the molecule is O=C(N[C@@H](CO)c1ccccc1)C1CCOC1. The van der Waals surface area contributed by atoms with Crippen molar-refractivity contribution in [1.29, 1.82) is 0 Å². The summed E-state index contributed by atoms with van der Waals surface area (Å²) in [6.45, 7) is 1.04. The highest BCUT2D eigenvalue weighted by molar-refractivity contribution is 5.79. The number of aliphatic hydroxyl groups is 1. The molecule has 2 rings (SSSR count). The van der Waals surface area contributed by atoms with E-state index in [9.17, 15) is 9.90 Å². The minimum absolute atomic E-state index is 0.0367. The predicted molar refractivity (Wildman–Crippen MR) is 63.3 cm³/mol. The van der Waals surface area contributed by atoms with Crippen LogP contribution in [0.15, 0.2) is 30.3 Å². The first kappa shape index (κ1) is 12.1. The van der Waals surface area contributed by atoms with Crippen molar-refractivity contribution in [3.8, 4) is 0 Å². The highest BCUT2D eigenvalue weighted by Gasteiger charge is 2.25. The van der Waals surface area contributed by atoms with Gasteiger partial charge in [0.25, 0.3) is 0 Å². The lowest BCUT2D eigenvalue weighted by molar-refractivity contribution is -0.126. The van der Waals surface area contributed by atoms with Gasteiger partial charge in [-0.3, -0.25) is 4.79 Å². The number of ether oxygens (including phenoxy) is 1. The molecule has 1 aliphatic heterocycles. The molecule has 0 saturated carbocycles. The van der Waals surface area contributed by atoms with Gasteiger partial charge in [0, 0.05) is 6.61 Å². The van der Waals surface area contributed by atoms with Gasteiger partial charge in [-0.05, 0) is 12.0 Å². The lowest BCUT2D eigenvalue weighted by Gasteiger charge is -2.18. The van der Waals surface area contributed by atoms with Crippen molar-refractivity contribution in [2.45, 2.75) is 12.5 Å². The molecule has 2 atom stereocenters. The minimum Gasteiger partial charge on any atom is -0.394 e. The quantitative estimate of drug-likeness (QED) is 0.814. The third-order valence-electron chi connectivity index (χ3n) is 3.00. The minimum atomic E-state index is -0.329. The lowest BCUT2D eigenvalue weighted by atomic mass is 10.0. The molecule has 1 aromatic carbocycles. The van der Waals surface area contributed by atoms with Crippen molar-refractivity contribution < 1.29 is 14.6 Å². The number of benzene rings is 1. The van der Waals surface area contributed by atoms with Crippen LogP contribution in [0.5, 0.6) is 0 Å². The molecule has 1 fully saturated rings. The van der Waals surface area contributed by atoms with Crippen LogP contribution in [-0.4, -0.2) is 30.8 Å². The highest BCUT2D eigenvalue weighted by Crippen LogP contribution is 2.16. The van der Waals surface area contributed by atoms with Crippen LogP contribution in [0.25, 0.3) is 0 Å². The molecule has 2 N–H and O–H groups in total. The van der Waals surface area contributed by atoms with Gasteiger partial charge in [0.15, 0.2) is 0 Å². The number of carbonyl (C=O) groups is 1. The van der Waals surface area contributed by atoms with Crippen molar-refractivity contribution >= 4 is 5.91 Å². The largest absolute Gasteiger partial charge is 0.394 e. The Morgan fingerprint density at radius 2 is 2.24 bits per heavy atom. The van der Waals surface area contributed by atoms with E-state index in [0.717, 1.165) is 12.0 Å². The topological polar surface area (TPSA) is 58.6 Å². The molecule has 4 heteroatoms. The van der Waals surface area contributed by atoms with E-state index in [1.165, 1.54) is 0 Å². The average Bonchev–Trinajstić information content (AvgIpc) is 2.90. The normalized spacial score (nSPS) is 21.1. The summed E-state index contributed by atoms with van der Waals surface area (Å²) >= 11 is 0. The van der Waals surface area contributed by atoms with Crippen LogP contribution in [0.2, 0.25) is 0 Å². The Labute approximate surface area is 101 Å². The van der Waals surface area contributed by atoms with E-state index in [4.69, 9.17) is 4.74 Å². The summed E-state index contributed by atoms with van der Waals surface area (Å²) in [4.78, 5) is 11.9. The summed E-state index contributed by atoms with van der Waals surface area (Å²) in [6, 6.07) is 9.15. The maximum atomic E-state index is 11.9. The lowest BCUT2D eigenvalue weighted by Crippen LogP contribution is -2.35. The van der Waals surface area contributed by atoms with E-state index < -0.39 is 0 Å².